The summed E-state index contributed by atoms with van der Waals surface area (Å²) < 4.78 is 0. The van der Waals surface area contributed by atoms with Crippen LogP contribution in [0, 0.1) is 83.5 Å². The molecule has 0 bridgehead atoms. The molecule has 0 aliphatic carbocycles. The van der Waals surface area contributed by atoms with Crippen LogP contribution in [0.1, 0.15) is 0 Å². The largest absolute Gasteiger partial charge is 4.00 e. The maximum absolute atomic E-state index is 0. The van der Waals surface area contributed by atoms with Crippen LogP contribution in [-0.4, -0.2) is 0 Å². The topological polar surface area (TPSA) is 142 Å². The van der Waals surface area contributed by atoms with Gasteiger partial charge in [-0.15, -0.1) is 0 Å². The first-order chi connectivity index (χ1) is 0. The van der Waals surface area contributed by atoms with E-state index < -0.39 is 0 Å². The van der Waals surface area contributed by atoms with E-state index in [9.17, 15) is 0 Å². The molecule has 8 heteroatoms. The Labute approximate surface area is 130 Å². The summed E-state index contributed by atoms with van der Waals surface area (Å²) in [5.41, 5.74) is 0. The molecule has 0 unspecified atom stereocenters. The molecule has 0 aliphatic rings. The van der Waals surface area contributed by atoms with Crippen LogP contribution < -0.4 is 0 Å². The van der Waals surface area contributed by atoms with Gasteiger partial charge in [-0.2, -0.15) is 0 Å². The van der Waals surface area contributed by atoms with Gasteiger partial charge in [0.25, 0.3) is 0 Å². The van der Waals surface area contributed by atoms with Crippen molar-refractivity contribution in [1.29, 1.82) is 0 Å². The van der Waals surface area contributed by atoms with Gasteiger partial charge in [0.1, 0.15) is 0 Å². The normalized spacial score (nSPS) is 0. The molecular formula is Ce2O5Ti. The van der Waals surface area contributed by atoms with Crippen LogP contribution in [-0.2, 0) is 49.1 Å². The van der Waals surface area contributed by atoms with E-state index in [2.05, 4.69) is 0 Å². The Hall–Kier alpha value is 3.27. The molecule has 0 spiro atoms. The Morgan fingerprint density at radius 2 is 0.375 bits per heavy atom. The van der Waals surface area contributed by atoms with Gasteiger partial charge in [0.05, 0.1) is 0 Å². The van der Waals surface area contributed by atoms with Crippen molar-refractivity contribution < 1.29 is 133 Å². The van der Waals surface area contributed by atoms with E-state index in [1.165, 1.54) is 0 Å². The molecule has 5 nitrogen and oxygen atoms in total. The Balaban J connectivity index is 0. The number of hydrogen-bond acceptors (Lipinski definition) is 0. The van der Waals surface area contributed by atoms with Crippen LogP contribution in [0.2, 0.25) is 0 Å². The molecule has 0 aromatic carbocycles. The van der Waals surface area contributed by atoms with E-state index >= 15 is 0 Å². The molecule has 42 valence electrons. The minimum Gasteiger partial charge on any atom is -2.00 e. The zero-order valence-electron chi connectivity index (χ0n) is 3.54. The Kier molecular flexibility index (Phi) is 1150. The van der Waals surface area contributed by atoms with E-state index in [0.717, 1.165) is 0 Å². The third kappa shape index (κ3) is 59.3. The van der Waals surface area contributed by atoms with Crippen molar-refractivity contribution in [2.75, 3.05) is 0 Å². The molecule has 2 radical (unpaired) electrons. The second-order valence-corrected chi connectivity index (χ2v) is 0. The average Bonchev–Trinajstić information content (AvgIpc) is 0. The Morgan fingerprint density at radius 1 is 0.375 bits per heavy atom. The van der Waals surface area contributed by atoms with Gasteiger partial charge < -0.3 is 27.4 Å². The fourth-order valence-corrected chi connectivity index (χ4v) is 0. The quantitative estimate of drug-likeness (QED) is 0.472. The van der Waals surface area contributed by atoms with Crippen molar-refractivity contribution in [3.8, 4) is 0 Å². The summed E-state index contributed by atoms with van der Waals surface area (Å²) in [7, 11) is 0. The summed E-state index contributed by atoms with van der Waals surface area (Å²) in [6, 6.07) is 0. The molecule has 0 amide bonds. The molecule has 0 N–H and O–H groups in total. The molecule has 0 heterocycles. The van der Waals surface area contributed by atoms with Crippen LogP contribution in [0.25, 0.3) is 0 Å². The Morgan fingerprint density at radius 3 is 0.375 bits per heavy atom. The van der Waals surface area contributed by atoms with E-state index in [-0.39, 0.29) is 133 Å². The third-order valence-electron chi connectivity index (χ3n) is 0. The predicted octanol–water partition coefficient (Wildman–Crippen LogP) is -0.596. The first kappa shape index (κ1) is 111. The van der Waals surface area contributed by atoms with Gasteiger partial charge >= 0.3 is 105 Å². The number of rotatable bonds is 0. The average molecular weight is 408 g/mol. The molecule has 0 atom stereocenters. The molecular weight excluding hydrogens is 408 g/mol. The van der Waals surface area contributed by atoms with Crippen molar-refractivity contribution in [3.05, 3.63) is 0 Å². The van der Waals surface area contributed by atoms with Crippen molar-refractivity contribution in [2.45, 2.75) is 0 Å². The van der Waals surface area contributed by atoms with Gasteiger partial charge in [0.2, 0.25) is 0 Å². The van der Waals surface area contributed by atoms with Gasteiger partial charge in [-0.25, -0.2) is 0 Å². The third-order valence-corrected chi connectivity index (χ3v) is 0. The maximum Gasteiger partial charge on any atom is 4.00 e. The smallest absolute Gasteiger partial charge is 2.00 e. The molecule has 0 saturated carbocycles. The van der Waals surface area contributed by atoms with Crippen LogP contribution in [0.4, 0.5) is 0 Å². The second kappa shape index (κ2) is 82.6. The van der Waals surface area contributed by atoms with Gasteiger partial charge in [-0.05, 0) is 0 Å². The first-order valence-corrected chi connectivity index (χ1v) is 0. The molecule has 0 aromatic heterocycles. The van der Waals surface area contributed by atoms with Crippen molar-refractivity contribution in [1.82, 2.24) is 0 Å². The van der Waals surface area contributed by atoms with Crippen molar-refractivity contribution >= 4 is 0 Å². The summed E-state index contributed by atoms with van der Waals surface area (Å²) in [6.07, 6.45) is 0. The zero-order chi connectivity index (χ0) is 0. The monoisotopic (exact) mass is 408 g/mol. The van der Waals surface area contributed by atoms with Crippen molar-refractivity contribution in [3.63, 3.8) is 0 Å². The van der Waals surface area contributed by atoms with E-state index in [4.69, 9.17) is 0 Å². The van der Waals surface area contributed by atoms with Gasteiger partial charge in [-0.3, -0.25) is 0 Å². The van der Waals surface area contributed by atoms with Crippen LogP contribution in [0.15, 0.2) is 0 Å². The molecule has 0 rings (SSSR count). The van der Waals surface area contributed by atoms with E-state index in [1.807, 2.05) is 0 Å². The van der Waals surface area contributed by atoms with Crippen LogP contribution >= 0.6 is 0 Å². The van der Waals surface area contributed by atoms with Crippen LogP contribution in [0.5, 0.6) is 0 Å². The first-order valence-electron chi connectivity index (χ1n) is 0. The summed E-state index contributed by atoms with van der Waals surface area (Å²) >= 11 is 0. The second-order valence-electron chi connectivity index (χ2n) is 0. The van der Waals surface area contributed by atoms with E-state index in [0.29, 0.717) is 0 Å². The Bertz CT molecular complexity index is 10.4. The van der Waals surface area contributed by atoms with Crippen molar-refractivity contribution in [2.24, 2.45) is 0 Å². The van der Waals surface area contributed by atoms with Gasteiger partial charge in [0.15, 0.2) is 0 Å². The zero-order valence-corrected chi connectivity index (χ0v) is 11.4. The fourth-order valence-electron chi connectivity index (χ4n) is 0. The molecule has 0 aliphatic heterocycles. The van der Waals surface area contributed by atoms with E-state index in [1.54, 1.807) is 0 Å². The minimum absolute atomic E-state index is 0. The summed E-state index contributed by atoms with van der Waals surface area (Å²) in [6.45, 7) is 0. The predicted molar refractivity (Wildman–Crippen MR) is 3.43 cm³/mol. The summed E-state index contributed by atoms with van der Waals surface area (Å²) in [4.78, 5) is 0. The molecule has 0 aromatic rings. The van der Waals surface area contributed by atoms with Gasteiger partial charge in [0, 0.05) is 0 Å². The molecule has 8 heavy (non-hydrogen) atoms. The maximum atomic E-state index is 0. The SMILES string of the molecule is [Ce+3].[Ce+3].[O-2].[O-2].[O-2].[O-2].[O-2].[Ti+4]. The molecule has 0 fully saturated rings. The molecule has 0 saturated heterocycles. The van der Waals surface area contributed by atoms with Gasteiger partial charge in [-0.1, -0.05) is 0 Å². The standard InChI is InChI=1S/2Ce.5O.Ti/q2*+3;5*-2;+4. The minimum atomic E-state index is 0. The number of hydrogen-bond donors (Lipinski definition) is 0. The summed E-state index contributed by atoms with van der Waals surface area (Å²) in [5, 5.41) is 0. The fraction of sp³-hybridized carbons (Fsp3) is 0. The summed E-state index contributed by atoms with van der Waals surface area (Å²) in [5.74, 6) is 0. The van der Waals surface area contributed by atoms with Crippen LogP contribution in [0.3, 0.4) is 0 Å².